The molecule has 4 saturated heterocycles. The number of hydrogen-bond donors (Lipinski definition) is 2. The van der Waals surface area contributed by atoms with Crippen LogP contribution in [0.4, 0.5) is 10.3 Å². The number of nitrogens with one attached hydrogen (secondary N) is 1. The first-order chi connectivity index (χ1) is 18.8. The summed E-state index contributed by atoms with van der Waals surface area (Å²) in [6, 6.07) is 4.72. The monoisotopic (exact) mass is 556 g/mol. The van der Waals surface area contributed by atoms with Gasteiger partial charge in [-0.15, -0.1) is 0 Å². The average Bonchev–Trinajstić information content (AvgIpc) is 3.17. The van der Waals surface area contributed by atoms with E-state index in [0.29, 0.717) is 79.1 Å². The Morgan fingerprint density at radius 2 is 1.95 bits per heavy atom. The predicted molar refractivity (Wildman–Crippen MR) is 148 cm³/mol. The van der Waals surface area contributed by atoms with Gasteiger partial charge < -0.3 is 20.1 Å². The number of benzene rings is 1. The summed E-state index contributed by atoms with van der Waals surface area (Å²) in [6.45, 7) is 5.79. The molecule has 10 heteroatoms. The van der Waals surface area contributed by atoms with Crippen molar-refractivity contribution < 1.29 is 14.2 Å². The van der Waals surface area contributed by atoms with Gasteiger partial charge in [-0.25, -0.2) is 4.39 Å². The van der Waals surface area contributed by atoms with Gasteiger partial charge in [-0.1, -0.05) is 18.5 Å². The van der Waals surface area contributed by atoms with Crippen LogP contribution in [0.3, 0.4) is 0 Å². The first-order valence-electron chi connectivity index (χ1n) is 14.6. The van der Waals surface area contributed by atoms with Gasteiger partial charge in [-0.2, -0.15) is 15.0 Å². The summed E-state index contributed by atoms with van der Waals surface area (Å²) in [7, 11) is 0. The molecule has 5 heterocycles. The highest BCUT2D eigenvalue weighted by Gasteiger charge is 2.49. The highest BCUT2D eigenvalue weighted by atomic mass is 35.5. The SMILES string of the molecule is CC1CC1c1c(Cl)cc(O)cc1CCc1nc(OC[C@@]23CCCN2C[C@H](F)C3)nc(N2C[C@H]3CC[C@@H](C2)N3)n1. The Kier molecular flexibility index (Phi) is 6.59. The maximum Gasteiger partial charge on any atom is 0.321 e. The molecule has 0 radical (unpaired) electrons. The molecule has 2 N–H and O–H groups in total. The molecular formula is C29H38ClFN6O2. The number of aromatic nitrogens is 3. The number of aromatic hydroxyl groups is 1. The number of nitrogens with zero attached hydrogens (tertiary/aromatic N) is 5. The molecule has 0 amide bonds. The number of aryl methyl sites for hydroxylation is 2. The van der Waals surface area contributed by atoms with E-state index in [9.17, 15) is 9.50 Å². The Morgan fingerprint density at radius 3 is 2.72 bits per heavy atom. The highest BCUT2D eigenvalue weighted by molar-refractivity contribution is 6.31. The van der Waals surface area contributed by atoms with Crippen molar-refractivity contribution in [3.05, 3.63) is 34.1 Å². The van der Waals surface area contributed by atoms with E-state index in [0.717, 1.165) is 50.0 Å². The Balaban J connectivity index is 1.15. The second kappa shape index (κ2) is 10.00. The maximum atomic E-state index is 14.3. The first-order valence-corrected chi connectivity index (χ1v) is 15.0. The van der Waals surface area contributed by atoms with Crippen molar-refractivity contribution in [3.8, 4) is 11.8 Å². The second-order valence-corrected chi connectivity index (χ2v) is 13.0. The van der Waals surface area contributed by atoms with Gasteiger partial charge >= 0.3 is 6.01 Å². The van der Waals surface area contributed by atoms with E-state index in [4.69, 9.17) is 31.3 Å². The summed E-state index contributed by atoms with van der Waals surface area (Å²) >= 11 is 6.59. The number of alkyl halides is 1. The van der Waals surface area contributed by atoms with E-state index >= 15 is 0 Å². The number of phenolic OH excluding ortho intramolecular Hbond substituents is 1. The van der Waals surface area contributed by atoms with Crippen molar-refractivity contribution >= 4 is 17.5 Å². The van der Waals surface area contributed by atoms with Crippen LogP contribution in [0.5, 0.6) is 11.8 Å². The lowest BCUT2D eigenvalue weighted by Gasteiger charge is -2.33. The minimum atomic E-state index is -0.799. The van der Waals surface area contributed by atoms with Gasteiger partial charge in [0.15, 0.2) is 0 Å². The Labute approximate surface area is 234 Å². The summed E-state index contributed by atoms with van der Waals surface area (Å²) in [5.74, 6) is 2.56. The lowest BCUT2D eigenvalue weighted by Crippen LogP contribution is -2.51. The largest absolute Gasteiger partial charge is 0.508 e. The third-order valence-corrected chi connectivity index (χ3v) is 9.99. The molecular weight excluding hydrogens is 519 g/mol. The van der Waals surface area contributed by atoms with Crippen LogP contribution in [0.1, 0.15) is 68.3 Å². The molecule has 2 aromatic rings. The summed E-state index contributed by atoms with van der Waals surface area (Å²) in [5.41, 5.74) is 1.95. The van der Waals surface area contributed by atoms with Crippen molar-refractivity contribution in [1.82, 2.24) is 25.2 Å². The fourth-order valence-electron chi connectivity index (χ4n) is 7.56. The quantitative estimate of drug-likeness (QED) is 0.504. The van der Waals surface area contributed by atoms with Crippen molar-refractivity contribution in [3.63, 3.8) is 0 Å². The van der Waals surface area contributed by atoms with E-state index in [1.54, 1.807) is 6.07 Å². The van der Waals surface area contributed by atoms with Crippen LogP contribution in [0.2, 0.25) is 5.02 Å². The Hall–Kier alpha value is -2.23. The molecule has 5 fully saturated rings. The van der Waals surface area contributed by atoms with Crippen molar-refractivity contribution in [1.29, 1.82) is 0 Å². The molecule has 5 aliphatic rings. The van der Waals surface area contributed by atoms with Gasteiger partial charge in [0.2, 0.25) is 5.95 Å². The van der Waals surface area contributed by atoms with E-state index in [1.807, 2.05) is 6.07 Å². The molecule has 2 unspecified atom stereocenters. The zero-order valence-electron chi connectivity index (χ0n) is 22.6. The van der Waals surface area contributed by atoms with Crippen LogP contribution in [0.15, 0.2) is 12.1 Å². The number of ether oxygens (including phenoxy) is 1. The van der Waals surface area contributed by atoms with Crippen LogP contribution >= 0.6 is 11.6 Å². The van der Waals surface area contributed by atoms with Gasteiger partial charge in [-0.3, -0.25) is 4.90 Å². The van der Waals surface area contributed by atoms with E-state index in [2.05, 4.69) is 22.0 Å². The molecule has 1 aliphatic carbocycles. The number of phenols is 1. The molecule has 0 spiro atoms. The van der Waals surface area contributed by atoms with Crippen molar-refractivity contribution in [2.24, 2.45) is 5.92 Å². The minimum absolute atomic E-state index is 0.187. The van der Waals surface area contributed by atoms with Crippen LogP contribution < -0.4 is 15.0 Å². The standard InChI is InChI=1S/C29H38ClFN6O2/c1-17-9-23(17)26-18(10-22(38)11-24(26)30)3-6-25-33-27(36-14-20-4-5-21(15-36)32-20)35-28(34-25)39-16-29-7-2-8-37(29)13-19(31)12-29/h10-11,17,19-21,23,32,38H,2-9,12-16H2,1H3/t17?,19-,20-,21+,23?,29+/m1/s1. The van der Waals surface area contributed by atoms with Crippen LogP contribution in [0.25, 0.3) is 0 Å². The normalized spacial score (nSPS) is 33.5. The van der Waals surface area contributed by atoms with Crippen molar-refractivity contribution in [2.75, 3.05) is 37.7 Å². The molecule has 8 nitrogen and oxygen atoms in total. The zero-order chi connectivity index (χ0) is 26.7. The number of rotatable bonds is 8. The topological polar surface area (TPSA) is 86.6 Å². The third-order valence-electron chi connectivity index (χ3n) is 9.68. The van der Waals surface area contributed by atoms with Gasteiger partial charge in [0, 0.05) is 49.6 Å². The van der Waals surface area contributed by atoms with Crippen LogP contribution in [-0.4, -0.2) is 81.5 Å². The maximum absolute atomic E-state index is 14.3. The molecule has 1 aromatic carbocycles. The third kappa shape index (κ3) is 5.06. The van der Waals surface area contributed by atoms with Gasteiger partial charge in [0.1, 0.15) is 24.4 Å². The lowest BCUT2D eigenvalue weighted by atomic mass is 9.95. The number of anilines is 1. The van der Waals surface area contributed by atoms with E-state index in [-0.39, 0.29) is 11.3 Å². The fraction of sp³-hybridized carbons (Fsp3) is 0.690. The molecule has 2 bridgehead atoms. The van der Waals surface area contributed by atoms with Gasteiger partial charge in [0.25, 0.3) is 0 Å². The number of halogens is 2. The molecule has 210 valence electrons. The number of piperazine rings is 1. The number of hydrogen-bond acceptors (Lipinski definition) is 8. The lowest BCUT2D eigenvalue weighted by molar-refractivity contribution is 0.107. The summed E-state index contributed by atoms with van der Waals surface area (Å²) in [5, 5.41) is 14.6. The van der Waals surface area contributed by atoms with E-state index < -0.39 is 6.17 Å². The zero-order valence-corrected chi connectivity index (χ0v) is 23.3. The van der Waals surface area contributed by atoms with Gasteiger partial charge in [0.05, 0.1) is 5.54 Å². The highest BCUT2D eigenvalue weighted by Crippen LogP contribution is 2.51. The summed E-state index contributed by atoms with van der Waals surface area (Å²) in [4.78, 5) is 18.9. The van der Waals surface area contributed by atoms with Gasteiger partial charge in [-0.05, 0) is 80.2 Å². The van der Waals surface area contributed by atoms with E-state index in [1.165, 1.54) is 12.8 Å². The average molecular weight is 557 g/mol. The molecule has 1 aromatic heterocycles. The molecule has 39 heavy (non-hydrogen) atoms. The molecule has 7 rings (SSSR count). The summed E-state index contributed by atoms with van der Waals surface area (Å²) in [6.07, 6.45) is 6.45. The smallest absolute Gasteiger partial charge is 0.321 e. The molecule has 1 saturated carbocycles. The van der Waals surface area contributed by atoms with Crippen LogP contribution in [0, 0.1) is 5.92 Å². The van der Waals surface area contributed by atoms with Crippen molar-refractivity contribution in [2.45, 2.75) is 88.0 Å². The fourth-order valence-corrected chi connectivity index (χ4v) is 7.94. The second-order valence-electron chi connectivity index (χ2n) is 12.6. The first kappa shape index (κ1) is 25.7. The summed E-state index contributed by atoms with van der Waals surface area (Å²) < 4.78 is 20.6. The minimum Gasteiger partial charge on any atom is -0.508 e. The Bertz CT molecular complexity index is 1240. The molecule has 4 aliphatic heterocycles. The Morgan fingerprint density at radius 1 is 1.15 bits per heavy atom. The van der Waals surface area contributed by atoms with Crippen LogP contribution in [-0.2, 0) is 12.8 Å². The molecule has 6 atom stereocenters. The number of fused-ring (bicyclic) bond motifs is 3. The predicted octanol–water partition coefficient (Wildman–Crippen LogP) is 4.04.